The first-order chi connectivity index (χ1) is 7.11. The molecule has 15 heavy (non-hydrogen) atoms. The van der Waals surface area contributed by atoms with Crippen LogP contribution in [0.15, 0.2) is 0 Å². The Bertz CT molecular complexity index is 165. The predicted molar refractivity (Wildman–Crippen MR) is 64.9 cm³/mol. The number of nitrogens with zero attached hydrogens (tertiary/aromatic N) is 1. The van der Waals surface area contributed by atoms with Crippen molar-refractivity contribution in [1.29, 1.82) is 0 Å². The summed E-state index contributed by atoms with van der Waals surface area (Å²) in [7, 11) is 0. The Morgan fingerprint density at radius 2 is 1.87 bits per heavy atom. The van der Waals surface area contributed by atoms with Gasteiger partial charge in [0.25, 0.3) is 0 Å². The first-order valence-corrected chi connectivity index (χ1v) is 6.10. The number of hydrogen-bond acceptors (Lipinski definition) is 2. The summed E-state index contributed by atoms with van der Waals surface area (Å²) in [6.45, 7) is 11.5. The number of hydrogen-bond donors (Lipinski definition) is 1. The molecule has 0 heterocycles. The largest absolute Gasteiger partial charge is 0.342 e. The quantitative estimate of drug-likeness (QED) is 0.626. The van der Waals surface area contributed by atoms with Crippen molar-refractivity contribution in [3.8, 4) is 0 Å². The average molecular weight is 214 g/mol. The Balaban J connectivity index is 3.46. The Morgan fingerprint density at radius 3 is 2.33 bits per heavy atom. The number of nitrogens with one attached hydrogen (secondary N) is 1. The van der Waals surface area contributed by atoms with Crippen LogP contribution in [0.4, 0.5) is 0 Å². The number of rotatable bonds is 8. The predicted octanol–water partition coefficient (Wildman–Crippen LogP) is 1.88. The van der Waals surface area contributed by atoms with Crippen LogP contribution in [0.25, 0.3) is 0 Å². The fraction of sp³-hybridized carbons (Fsp3) is 0.917. The van der Waals surface area contributed by atoms with E-state index in [0.29, 0.717) is 6.54 Å². The van der Waals surface area contributed by atoms with Gasteiger partial charge in [-0.1, -0.05) is 13.8 Å². The summed E-state index contributed by atoms with van der Waals surface area (Å²) in [6.07, 6.45) is 2.38. The van der Waals surface area contributed by atoms with E-state index in [0.717, 1.165) is 32.0 Å². The molecule has 3 heteroatoms. The summed E-state index contributed by atoms with van der Waals surface area (Å²) in [5, 5.41) is 3.20. The molecule has 0 aliphatic rings. The van der Waals surface area contributed by atoms with Crippen LogP contribution in [0.5, 0.6) is 0 Å². The van der Waals surface area contributed by atoms with Crippen LogP contribution in [-0.2, 0) is 4.79 Å². The van der Waals surface area contributed by atoms with Gasteiger partial charge < -0.3 is 10.2 Å². The lowest BCUT2D eigenvalue weighted by Gasteiger charge is -2.18. The maximum Gasteiger partial charge on any atom is 0.236 e. The minimum absolute atomic E-state index is 0.213. The zero-order chi connectivity index (χ0) is 11.7. The van der Waals surface area contributed by atoms with Gasteiger partial charge in [-0.25, -0.2) is 0 Å². The van der Waals surface area contributed by atoms with Crippen molar-refractivity contribution in [2.24, 2.45) is 5.92 Å². The van der Waals surface area contributed by atoms with Gasteiger partial charge >= 0.3 is 0 Å². The Kier molecular flexibility index (Phi) is 8.38. The van der Waals surface area contributed by atoms with Crippen molar-refractivity contribution < 1.29 is 4.79 Å². The van der Waals surface area contributed by atoms with E-state index in [-0.39, 0.29) is 5.91 Å². The highest BCUT2D eigenvalue weighted by Crippen LogP contribution is 2.01. The first kappa shape index (κ1) is 14.4. The molecule has 0 rings (SSSR count). The summed E-state index contributed by atoms with van der Waals surface area (Å²) in [5.74, 6) is 0.967. The molecule has 0 aromatic carbocycles. The average Bonchev–Trinajstić information content (AvgIpc) is 2.18. The number of carbonyl (C=O) groups excluding carboxylic acids is 1. The zero-order valence-electron chi connectivity index (χ0n) is 10.7. The molecule has 0 spiro atoms. The van der Waals surface area contributed by atoms with Crippen LogP contribution < -0.4 is 5.32 Å². The Labute approximate surface area is 94.2 Å². The van der Waals surface area contributed by atoms with Gasteiger partial charge in [0.2, 0.25) is 5.91 Å². The maximum atomic E-state index is 11.6. The van der Waals surface area contributed by atoms with Crippen molar-refractivity contribution >= 4 is 5.91 Å². The third-order valence-corrected chi connectivity index (χ3v) is 2.53. The molecule has 0 unspecified atom stereocenters. The molecule has 0 atom stereocenters. The lowest BCUT2D eigenvalue weighted by Crippen LogP contribution is -2.38. The summed E-state index contributed by atoms with van der Waals surface area (Å²) in [4.78, 5) is 13.4. The molecule has 0 aromatic rings. The van der Waals surface area contributed by atoms with Crippen LogP contribution in [0, 0.1) is 5.92 Å². The van der Waals surface area contributed by atoms with E-state index in [1.807, 2.05) is 18.7 Å². The molecular formula is C12H26N2O. The first-order valence-electron chi connectivity index (χ1n) is 6.10. The number of likely N-dealkylation sites (N-methyl/N-ethyl adjacent to an activating group) is 1. The van der Waals surface area contributed by atoms with Gasteiger partial charge in [0, 0.05) is 13.1 Å². The minimum Gasteiger partial charge on any atom is -0.342 e. The zero-order valence-corrected chi connectivity index (χ0v) is 10.7. The van der Waals surface area contributed by atoms with Gasteiger partial charge in [-0.05, 0) is 39.2 Å². The molecule has 0 fully saturated rings. The van der Waals surface area contributed by atoms with Crippen molar-refractivity contribution in [2.75, 3.05) is 26.2 Å². The van der Waals surface area contributed by atoms with Gasteiger partial charge in [0.15, 0.2) is 0 Å². The third-order valence-electron chi connectivity index (χ3n) is 2.53. The molecule has 0 saturated carbocycles. The topological polar surface area (TPSA) is 32.3 Å². The summed E-state index contributed by atoms with van der Waals surface area (Å²) >= 11 is 0. The van der Waals surface area contributed by atoms with Crippen LogP contribution in [0.3, 0.4) is 0 Å². The van der Waals surface area contributed by atoms with Crippen molar-refractivity contribution in [3.63, 3.8) is 0 Å². The SMILES string of the molecule is CCN(CC)C(=O)CNCCCC(C)C. The molecule has 0 aliphatic carbocycles. The van der Waals surface area contributed by atoms with Crippen LogP contribution in [0.1, 0.15) is 40.5 Å². The van der Waals surface area contributed by atoms with E-state index in [4.69, 9.17) is 0 Å². The second kappa shape index (κ2) is 8.72. The number of amides is 1. The maximum absolute atomic E-state index is 11.6. The van der Waals surface area contributed by atoms with Gasteiger partial charge in [-0.15, -0.1) is 0 Å². The minimum atomic E-state index is 0.213. The highest BCUT2D eigenvalue weighted by atomic mass is 16.2. The molecular weight excluding hydrogens is 188 g/mol. The lowest BCUT2D eigenvalue weighted by molar-refractivity contribution is -0.129. The molecule has 1 N–H and O–H groups in total. The summed E-state index contributed by atoms with van der Waals surface area (Å²) in [5.41, 5.74) is 0. The molecule has 1 amide bonds. The standard InChI is InChI=1S/C12H26N2O/c1-5-14(6-2)12(15)10-13-9-7-8-11(3)4/h11,13H,5-10H2,1-4H3. The molecule has 0 radical (unpaired) electrons. The normalized spacial score (nSPS) is 10.7. The molecule has 0 aliphatic heterocycles. The highest BCUT2D eigenvalue weighted by Gasteiger charge is 2.07. The fourth-order valence-electron chi connectivity index (χ4n) is 1.52. The fourth-order valence-corrected chi connectivity index (χ4v) is 1.52. The monoisotopic (exact) mass is 214 g/mol. The van der Waals surface area contributed by atoms with E-state index >= 15 is 0 Å². The van der Waals surface area contributed by atoms with Crippen LogP contribution in [0.2, 0.25) is 0 Å². The van der Waals surface area contributed by atoms with Crippen molar-refractivity contribution in [2.45, 2.75) is 40.5 Å². The molecule has 90 valence electrons. The van der Waals surface area contributed by atoms with E-state index in [9.17, 15) is 4.79 Å². The van der Waals surface area contributed by atoms with Gasteiger partial charge in [-0.2, -0.15) is 0 Å². The third kappa shape index (κ3) is 7.37. The van der Waals surface area contributed by atoms with Crippen LogP contribution in [-0.4, -0.2) is 37.0 Å². The van der Waals surface area contributed by atoms with Crippen molar-refractivity contribution in [3.05, 3.63) is 0 Å². The molecule has 3 nitrogen and oxygen atoms in total. The van der Waals surface area contributed by atoms with Gasteiger partial charge in [0.1, 0.15) is 0 Å². The molecule has 0 bridgehead atoms. The van der Waals surface area contributed by atoms with Crippen molar-refractivity contribution in [1.82, 2.24) is 10.2 Å². The highest BCUT2D eigenvalue weighted by molar-refractivity contribution is 5.78. The van der Waals surface area contributed by atoms with E-state index < -0.39 is 0 Å². The molecule has 0 saturated heterocycles. The van der Waals surface area contributed by atoms with Gasteiger partial charge in [-0.3, -0.25) is 4.79 Å². The molecule has 0 aromatic heterocycles. The van der Waals surface area contributed by atoms with E-state index in [1.165, 1.54) is 6.42 Å². The van der Waals surface area contributed by atoms with Gasteiger partial charge in [0.05, 0.1) is 6.54 Å². The lowest BCUT2D eigenvalue weighted by atomic mass is 10.1. The summed E-state index contributed by atoms with van der Waals surface area (Å²) in [6, 6.07) is 0. The summed E-state index contributed by atoms with van der Waals surface area (Å²) < 4.78 is 0. The van der Waals surface area contributed by atoms with E-state index in [2.05, 4.69) is 19.2 Å². The Hall–Kier alpha value is -0.570. The van der Waals surface area contributed by atoms with Crippen LogP contribution >= 0.6 is 0 Å². The number of carbonyl (C=O) groups is 1. The Morgan fingerprint density at radius 1 is 1.27 bits per heavy atom. The second-order valence-corrected chi connectivity index (χ2v) is 4.28. The smallest absolute Gasteiger partial charge is 0.236 e. The van der Waals surface area contributed by atoms with E-state index in [1.54, 1.807) is 0 Å². The second-order valence-electron chi connectivity index (χ2n) is 4.28.